The molecule has 1 aromatic rings. The number of aliphatic imine (C=N–C) groups is 1. The summed E-state index contributed by atoms with van der Waals surface area (Å²) in [5.41, 5.74) is 6.88. The smallest absolute Gasteiger partial charge is 0.145 e. The van der Waals surface area contributed by atoms with E-state index in [4.69, 9.17) is 22.7 Å². The maximum atomic E-state index is 6.11. The van der Waals surface area contributed by atoms with Crippen LogP contribution in [-0.2, 0) is 4.74 Å². The van der Waals surface area contributed by atoms with Crippen molar-refractivity contribution in [1.29, 1.82) is 0 Å². The second-order valence-electron chi connectivity index (χ2n) is 5.41. The molecule has 3 unspecified atom stereocenters. The first-order chi connectivity index (χ1) is 9.10. The largest absolute Gasteiger partial charge is 0.387 e. The summed E-state index contributed by atoms with van der Waals surface area (Å²) in [6.07, 6.45) is 5.06. The summed E-state index contributed by atoms with van der Waals surface area (Å²) in [7, 11) is 0. The van der Waals surface area contributed by atoms with E-state index in [0.717, 1.165) is 29.1 Å². The van der Waals surface area contributed by atoms with Crippen molar-refractivity contribution in [1.82, 2.24) is 4.57 Å². The average molecular weight is 277 g/mol. The van der Waals surface area contributed by atoms with Crippen LogP contribution in [0.3, 0.4) is 0 Å². The van der Waals surface area contributed by atoms with Gasteiger partial charge >= 0.3 is 0 Å². The molecule has 0 saturated carbocycles. The second-order valence-corrected chi connectivity index (χ2v) is 5.91. The van der Waals surface area contributed by atoms with E-state index in [9.17, 15) is 0 Å². The van der Waals surface area contributed by atoms with E-state index >= 15 is 0 Å². The SMILES string of the molecule is CCC1OC(n2ccc3c2N=C(N)CC3=S)CC1C. The number of hydrogen-bond acceptors (Lipinski definition) is 4. The van der Waals surface area contributed by atoms with Crippen molar-refractivity contribution >= 4 is 28.7 Å². The topological polar surface area (TPSA) is 52.5 Å². The highest BCUT2D eigenvalue weighted by molar-refractivity contribution is 7.81. The molecular weight excluding hydrogens is 258 g/mol. The molecule has 2 aliphatic heterocycles. The number of fused-ring (bicyclic) bond motifs is 1. The molecule has 1 saturated heterocycles. The number of nitrogens with two attached hydrogens (primary N) is 1. The Morgan fingerprint density at radius 2 is 2.37 bits per heavy atom. The van der Waals surface area contributed by atoms with Crippen LogP contribution in [0.2, 0.25) is 0 Å². The Kier molecular flexibility index (Phi) is 3.19. The van der Waals surface area contributed by atoms with Gasteiger partial charge < -0.3 is 15.0 Å². The lowest BCUT2D eigenvalue weighted by Crippen LogP contribution is -2.21. The third-order valence-corrected chi connectivity index (χ3v) is 4.40. The Balaban J connectivity index is 1.94. The van der Waals surface area contributed by atoms with Crippen LogP contribution in [0, 0.1) is 5.92 Å². The third-order valence-electron chi connectivity index (χ3n) is 4.03. The van der Waals surface area contributed by atoms with E-state index in [-0.39, 0.29) is 6.23 Å². The van der Waals surface area contributed by atoms with Gasteiger partial charge in [0.1, 0.15) is 17.9 Å². The predicted molar refractivity (Wildman–Crippen MR) is 80.0 cm³/mol. The Hall–Kier alpha value is -1.20. The molecule has 2 N–H and O–H groups in total. The number of hydrogen-bond donors (Lipinski definition) is 1. The Labute approximate surface area is 118 Å². The van der Waals surface area contributed by atoms with Crippen LogP contribution < -0.4 is 5.73 Å². The zero-order chi connectivity index (χ0) is 13.6. The molecule has 0 spiro atoms. The van der Waals surface area contributed by atoms with Crippen molar-refractivity contribution in [2.45, 2.75) is 45.4 Å². The molecule has 19 heavy (non-hydrogen) atoms. The molecule has 1 fully saturated rings. The van der Waals surface area contributed by atoms with E-state index in [1.54, 1.807) is 0 Å². The summed E-state index contributed by atoms with van der Waals surface area (Å²) in [6, 6.07) is 2.03. The quantitative estimate of drug-likeness (QED) is 0.846. The molecule has 3 rings (SSSR count). The van der Waals surface area contributed by atoms with Gasteiger partial charge in [0, 0.05) is 23.0 Å². The molecule has 0 radical (unpaired) electrons. The van der Waals surface area contributed by atoms with Crippen LogP contribution in [-0.4, -0.2) is 21.4 Å². The number of aromatic nitrogens is 1. The van der Waals surface area contributed by atoms with Gasteiger partial charge in [-0.15, -0.1) is 0 Å². The van der Waals surface area contributed by atoms with Crippen molar-refractivity contribution in [3.8, 4) is 0 Å². The monoisotopic (exact) mass is 277 g/mol. The van der Waals surface area contributed by atoms with Crippen molar-refractivity contribution < 1.29 is 4.74 Å². The summed E-state index contributed by atoms with van der Waals surface area (Å²) < 4.78 is 8.20. The van der Waals surface area contributed by atoms with Gasteiger partial charge in [-0.25, -0.2) is 4.99 Å². The molecule has 0 amide bonds. The van der Waals surface area contributed by atoms with E-state index in [2.05, 4.69) is 23.4 Å². The van der Waals surface area contributed by atoms with Crippen molar-refractivity contribution in [3.05, 3.63) is 17.8 Å². The Morgan fingerprint density at radius 1 is 1.58 bits per heavy atom. The minimum absolute atomic E-state index is 0.0566. The van der Waals surface area contributed by atoms with E-state index in [1.807, 2.05) is 12.3 Å². The first-order valence-corrected chi connectivity index (χ1v) is 7.23. The lowest BCUT2D eigenvalue weighted by Gasteiger charge is -2.18. The van der Waals surface area contributed by atoms with E-state index in [1.165, 1.54) is 0 Å². The zero-order valence-corrected chi connectivity index (χ0v) is 12.1. The van der Waals surface area contributed by atoms with Crippen LogP contribution in [0.4, 0.5) is 5.82 Å². The first kappa shape index (κ1) is 12.8. The van der Waals surface area contributed by atoms with Gasteiger partial charge in [-0.2, -0.15) is 0 Å². The molecule has 3 heterocycles. The minimum atomic E-state index is 0.0566. The highest BCUT2D eigenvalue weighted by Crippen LogP contribution is 2.39. The molecule has 2 aliphatic rings. The molecule has 4 nitrogen and oxygen atoms in total. The maximum absolute atomic E-state index is 6.11. The summed E-state index contributed by atoms with van der Waals surface area (Å²) in [5, 5.41) is 0. The van der Waals surface area contributed by atoms with Crippen LogP contribution >= 0.6 is 12.2 Å². The molecule has 102 valence electrons. The fourth-order valence-corrected chi connectivity index (χ4v) is 3.29. The molecule has 3 atom stereocenters. The standard InChI is InChI=1S/C14H19N3OS/c1-3-10-8(2)6-13(18-10)17-5-4-9-11(19)7-12(15)16-14(9)17/h4-5,8,10,13H,3,6-7H2,1-2H3,(H2,15,16). The lowest BCUT2D eigenvalue weighted by atomic mass is 10.0. The van der Waals surface area contributed by atoms with Crippen LogP contribution in [0.25, 0.3) is 0 Å². The van der Waals surface area contributed by atoms with Gasteiger partial charge in [-0.1, -0.05) is 26.1 Å². The Morgan fingerprint density at radius 3 is 3.05 bits per heavy atom. The number of nitrogens with zero attached hydrogens (tertiary/aromatic N) is 2. The number of amidine groups is 1. The highest BCUT2D eigenvalue weighted by Gasteiger charge is 2.33. The molecule has 0 bridgehead atoms. The molecule has 1 aromatic heterocycles. The second kappa shape index (κ2) is 4.72. The van der Waals surface area contributed by atoms with E-state index in [0.29, 0.717) is 24.3 Å². The van der Waals surface area contributed by atoms with Crippen LogP contribution in [0.1, 0.15) is 44.9 Å². The summed E-state index contributed by atoms with van der Waals surface area (Å²) in [6.45, 7) is 4.41. The molecular formula is C14H19N3OS. The lowest BCUT2D eigenvalue weighted by molar-refractivity contribution is -0.00379. The van der Waals surface area contributed by atoms with Gasteiger partial charge in [0.2, 0.25) is 0 Å². The number of thiocarbonyl (C=S) groups is 1. The van der Waals surface area contributed by atoms with Gasteiger partial charge in [0.25, 0.3) is 0 Å². The van der Waals surface area contributed by atoms with E-state index < -0.39 is 0 Å². The fourth-order valence-electron chi connectivity index (χ4n) is 2.98. The van der Waals surface area contributed by atoms with Gasteiger partial charge in [0.15, 0.2) is 0 Å². The minimum Gasteiger partial charge on any atom is -0.387 e. The van der Waals surface area contributed by atoms with Gasteiger partial charge in [0.05, 0.1) is 6.10 Å². The maximum Gasteiger partial charge on any atom is 0.145 e. The average Bonchev–Trinajstić information content (AvgIpc) is 2.92. The predicted octanol–water partition coefficient (Wildman–Crippen LogP) is 2.93. The third kappa shape index (κ3) is 2.11. The van der Waals surface area contributed by atoms with Crippen molar-refractivity contribution in [2.75, 3.05) is 0 Å². The van der Waals surface area contributed by atoms with Crippen LogP contribution in [0.5, 0.6) is 0 Å². The fraction of sp³-hybridized carbons (Fsp3) is 0.571. The van der Waals surface area contributed by atoms with Crippen molar-refractivity contribution in [2.24, 2.45) is 16.6 Å². The highest BCUT2D eigenvalue weighted by atomic mass is 32.1. The molecule has 0 aliphatic carbocycles. The van der Waals surface area contributed by atoms with Crippen molar-refractivity contribution in [3.63, 3.8) is 0 Å². The molecule has 5 heteroatoms. The number of ether oxygens (including phenoxy) is 1. The summed E-state index contributed by atoms with van der Waals surface area (Å²) in [5.74, 6) is 2.03. The summed E-state index contributed by atoms with van der Waals surface area (Å²) >= 11 is 5.38. The van der Waals surface area contributed by atoms with Crippen LogP contribution in [0.15, 0.2) is 17.3 Å². The van der Waals surface area contributed by atoms with Gasteiger partial charge in [-0.05, 0) is 24.8 Å². The Bertz CT molecular complexity index is 549. The zero-order valence-electron chi connectivity index (χ0n) is 11.3. The summed E-state index contributed by atoms with van der Waals surface area (Å²) in [4.78, 5) is 5.34. The van der Waals surface area contributed by atoms with Gasteiger partial charge in [-0.3, -0.25) is 0 Å². The normalized spacial score (nSPS) is 30.3. The number of rotatable bonds is 2. The molecule has 0 aromatic carbocycles. The first-order valence-electron chi connectivity index (χ1n) is 6.82.